The van der Waals surface area contributed by atoms with E-state index in [-0.39, 0.29) is 6.04 Å². The van der Waals surface area contributed by atoms with Crippen molar-refractivity contribution in [3.63, 3.8) is 0 Å². The van der Waals surface area contributed by atoms with E-state index in [1.54, 1.807) is 16.8 Å². The van der Waals surface area contributed by atoms with E-state index >= 15 is 0 Å². The molecule has 20 heavy (non-hydrogen) atoms. The number of nitrogens with zero attached hydrogens (tertiary/aromatic N) is 2. The number of aryl methyl sites for hydroxylation is 1. The van der Waals surface area contributed by atoms with Crippen LogP contribution in [0.1, 0.15) is 17.2 Å². The van der Waals surface area contributed by atoms with E-state index in [0.717, 1.165) is 17.5 Å². The van der Waals surface area contributed by atoms with E-state index < -0.39 is 9.84 Å². The summed E-state index contributed by atoms with van der Waals surface area (Å²) >= 11 is 0. The summed E-state index contributed by atoms with van der Waals surface area (Å²) in [6, 6.07) is 7.14. The highest BCUT2D eigenvalue weighted by Gasteiger charge is 2.13. The summed E-state index contributed by atoms with van der Waals surface area (Å²) in [5.41, 5.74) is 2.20. The first-order chi connectivity index (χ1) is 9.40. The van der Waals surface area contributed by atoms with Crippen LogP contribution in [-0.2, 0) is 23.3 Å². The van der Waals surface area contributed by atoms with Crippen LogP contribution in [0.25, 0.3) is 0 Å². The molecule has 0 spiro atoms. The SMILES string of the molecule is CNC(Cc1cnn(C)c1)c1ccc(S(C)(=O)=O)cc1. The van der Waals surface area contributed by atoms with Gasteiger partial charge in [0.15, 0.2) is 9.84 Å². The molecule has 0 fully saturated rings. The van der Waals surface area contributed by atoms with Gasteiger partial charge in [0.05, 0.1) is 11.1 Å². The Bertz CT molecular complexity index is 675. The topological polar surface area (TPSA) is 64.0 Å². The lowest BCUT2D eigenvalue weighted by Crippen LogP contribution is -2.18. The van der Waals surface area contributed by atoms with Crippen LogP contribution in [0.4, 0.5) is 0 Å². The van der Waals surface area contributed by atoms with Gasteiger partial charge in [-0.1, -0.05) is 12.1 Å². The van der Waals surface area contributed by atoms with Crippen LogP contribution in [-0.4, -0.2) is 31.5 Å². The Balaban J connectivity index is 2.19. The number of hydrogen-bond donors (Lipinski definition) is 1. The standard InChI is InChI=1S/C14H19N3O2S/c1-15-14(8-11-9-16-17(2)10-11)12-4-6-13(7-5-12)20(3,18)19/h4-7,9-10,14-15H,8H2,1-3H3. The molecule has 0 bridgehead atoms. The van der Waals surface area contributed by atoms with Crippen LogP contribution in [0.15, 0.2) is 41.6 Å². The Morgan fingerprint density at radius 2 is 1.95 bits per heavy atom. The highest BCUT2D eigenvalue weighted by Crippen LogP contribution is 2.20. The molecule has 1 N–H and O–H groups in total. The molecule has 2 aromatic rings. The van der Waals surface area contributed by atoms with Crippen LogP contribution in [0.5, 0.6) is 0 Å². The molecule has 0 aliphatic carbocycles. The highest BCUT2D eigenvalue weighted by molar-refractivity contribution is 7.90. The number of rotatable bonds is 5. The normalized spacial score (nSPS) is 13.3. The van der Waals surface area contributed by atoms with E-state index in [0.29, 0.717) is 4.90 Å². The first-order valence-corrected chi connectivity index (χ1v) is 8.24. The summed E-state index contributed by atoms with van der Waals surface area (Å²) in [7, 11) is 0.641. The van der Waals surface area contributed by atoms with Crippen molar-refractivity contribution in [1.29, 1.82) is 0 Å². The molecule has 1 aromatic carbocycles. The lowest BCUT2D eigenvalue weighted by atomic mass is 10.0. The summed E-state index contributed by atoms with van der Waals surface area (Å²) in [6.07, 6.45) is 5.85. The van der Waals surface area contributed by atoms with Crippen molar-refractivity contribution in [2.45, 2.75) is 17.4 Å². The first-order valence-electron chi connectivity index (χ1n) is 6.35. The van der Waals surface area contributed by atoms with Gasteiger partial charge in [0.2, 0.25) is 0 Å². The predicted octanol–water partition coefficient (Wildman–Crippen LogP) is 1.33. The third kappa shape index (κ3) is 3.46. The van der Waals surface area contributed by atoms with E-state index in [1.165, 1.54) is 6.26 Å². The van der Waals surface area contributed by atoms with Gasteiger partial charge in [0.1, 0.15) is 0 Å². The lowest BCUT2D eigenvalue weighted by molar-refractivity contribution is 0.589. The average molecular weight is 293 g/mol. The highest BCUT2D eigenvalue weighted by atomic mass is 32.2. The molecule has 1 atom stereocenters. The molecular weight excluding hydrogens is 274 g/mol. The molecule has 0 radical (unpaired) electrons. The Hall–Kier alpha value is -1.66. The molecule has 0 amide bonds. The maximum Gasteiger partial charge on any atom is 0.175 e. The Kier molecular flexibility index (Phi) is 4.25. The maximum atomic E-state index is 11.5. The van der Waals surface area contributed by atoms with E-state index in [1.807, 2.05) is 38.6 Å². The van der Waals surface area contributed by atoms with E-state index in [2.05, 4.69) is 10.4 Å². The second-order valence-corrected chi connectivity index (χ2v) is 6.92. The number of likely N-dealkylation sites (N-methyl/N-ethyl adjacent to an activating group) is 1. The minimum absolute atomic E-state index is 0.132. The fraction of sp³-hybridized carbons (Fsp3) is 0.357. The summed E-state index contributed by atoms with van der Waals surface area (Å²) in [5, 5.41) is 7.40. The van der Waals surface area contributed by atoms with Crippen LogP contribution in [0.2, 0.25) is 0 Å². The van der Waals surface area contributed by atoms with Gasteiger partial charge in [-0.2, -0.15) is 5.10 Å². The largest absolute Gasteiger partial charge is 0.313 e. The van der Waals surface area contributed by atoms with Gasteiger partial charge in [0.25, 0.3) is 0 Å². The fourth-order valence-electron chi connectivity index (χ4n) is 2.15. The first kappa shape index (κ1) is 14.7. The van der Waals surface area contributed by atoms with Crippen molar-refractivity contribution >= 4 is 9.84 Å². The van der Waals surface area contributed by atoms with Crippen LogP contribution < -0.4 is 5.32 Å². The number of benzene rings is 1. The van der Waals surface area contributed by atoms with Crippen LogP contribution in [0.3, 0.4) is 0 Å². The Labute approximate surface area is 119 Å². The summed E-state index contributed by atoms with van der Waals surface area (Å²) in [6.45, 7) is 0. The van der Waals surface area contributed by atoms with Gasteiger partial charge < -0.3 is 5.32 Å². The summed E-state index contributed by atoms with van der Waals surface area (Å²) in [4.78, 5) is 0.345. The zero-order valence-electron chi connectivity index (χ0n) is 11.9. The molecule has 2 rings (SSSR count). The van der Waals surface area contributed by atoms with Crippen molar-refractivity contribution in [3.05, 3.63) is 47.8 Å². The number of sulfone groups is 1. The zero-order valence-corrected chi connectivity index (χ0v) is 12.7. The van der Waals surface area contributed by atoms with Crippen molar-refractivity contribution < 1.29 is 8.42 Å². The Morgan fingerprint density at radius 3 is 2.40 bits per heavy atom. The van der Waals surface area contributed by atoms with Crippen molar-refractivity contribution in [3.8, 4) is 0 Å². The summed E-state index contributed by atoms with van der Waals surface area (Å²) in [5.74, 6) is 0. The van der Waals surface area contributed by atoms with E-state index in [4.69, 9.17) is 0 Å². The van der Waals surface area contributed by atoms with Crippen LogP contribution >= 0.6 is 0 Å². The molecule has 0 saturated carbocycles. The molecule has 5 nitrogen and oxygen atoms in total. The number of nitrogens with one attached hydrogen (secondary N) is 1. The average Bonchev–Trinajstić information content (AvgIpc) is 2.81. The second kappa shape index (κ2) is 5.76. The van der Waals surface area contributed by atoms with Crippen LogP contribution in [0, 0.1) is 0 Å². The molecule has 108 valence electrons. The van der Waals surface area contributed by atoms with Gasteiger partial charge in [0, 0.05) is 25.5 Å². The van der Waals surface area contributed by atoms with Crippen molar-refractivity contribution in [2.75, 3.05) is 13.3 Å². The van der Waals surface area contributed by atoms with Crippen molar-refractivity contribution in [1.82, 2.24) is 15.1 Å². The molecule has 1 heterocycles. The van der Waals surface area contributed by atoms with Gasteiger partial charge in [-0.05, 0) is 36.7 Å². The molecule has 0 aliphatic rings. The minimum atomic E-state index is -3.14. The smallest absolute Gasteiger partial charge is 0.175 e. The van der Waals surface area contributed by atoms with Gasteiger partial charge in [-0.3, -0.25) is 4.68 Å². The quantitative estimate of drug-likeness (QED) is 0.903. The lowest BCUT2D eigenvalue weighted by Gasteiger charge is -2.16. The monoisotopic (exact) mass is 293 g/mol. The fourth-order valence-corrected chi connectivity index (χ4v) is 2.78. The second-order valence-electron chi connectivity index (χ2n) is 4.91. The summed E-state index contributed by atoms with van der Waals surface area (Å²) < 4.78 is 24.7. The molecule has 1 aromatic heterocycles. The molecule has 0 saturated heterocycles. The number of hydrogen-bond acceptors (Lipinski definition) is 4. The zero-order chi connectivity index (χ0) is 14.8. The molecule has 6 heteroatoms. The number of aromatic nitrogens is 2. The molecule has 0 aliphatic heterocycles. The third-order valence-electron chi connectivity index (χ3n) is 3.26. The predicted molar refractivity (Wildman–Crippen MR) is 78.3 cm³/mol. The Morgan fingerprint density at radius 1 is 1.30 bits per heavy atom. The van der Waals surface area contributed by atoms with Gasteiger partial charge >= 0.3 is 0 Å². The maximum absolute atomic E-state index is 11.5. The van der Waals surface area contributed by atoms with Crippen molar-refractivity contribution in [2.24, 2.45) is 7.05 Å². The minimum Gasteiger partial charge on any atom is -0.313 e. The van der Waals surface area contributed by atoms with Gasteiger partial charge in [-0.25, -0.2) is 8.42 Å². The molecule has 1 unspecified atom stereocenters. The van der Waals surface area contributed by atoms with Gasteiger partial charge in [-0.15, -0.1) is 0 Å². The molecular formula is C14H19N3O2S. The van der Waals surface area contributed by atoms with E-state index in [9.17, 15) is 8.42 Å². The third-order valence-corrected chi connectivity index (χ3v) is 4.39.